The average Bonchev–Trinajstić information content (AvgIpc) is 2.79. The maximum atomic E-state index is 12.8. The number of benzene rings is 3. The zero-order valence-corrected chi connectivity index (χ0v) is 17.2. The first kappa shape index (κ1) is 20.1. The van der Waals surface area contributed by atoms with E-state index in [0.717, 1.165) is 22.0 Å². The van der Waals surface area contributed by atoms with Crippen LogP contribution in [0.25, 0.3) is 10.8 Å². The van der Waals surface area contributed by atoms with Crippen LogP contribution in [0.1, 0.15) is 26.4 Å². The van der Waals surface area contributed by atoms with Gasteiger partial charge in [0.25, 0.3) is 11.8 Å². The first-order chi connectivity index (χ1) is 15.0. The van der Waals surface area contributed by atoms with Gasteiger partial charge in [-0.25, -0.2) is 0 Å². The standard InChI is InChI=1S/C25H21N3O3/c1-16-6-8-18(9-7-16)28-24(29)22-5-3-4-17-14-19(10-11-21(17)22)31-20-12-13-27-23(15-20)25(30)26-2/h3-15H,1-2H3,(H,26,30)(H,28,29). The lowest BCUT2D eigenvalue weighted by Gasteiger charge is -2.11. The second kappa shape index (κ2) is 8.67. The van der Waals surface area contributed by atoms with E-state index in [9.17, 15) is 9.59 Å². The molecule has 4 aromatic rings. The molecule has 154 valence electrons. The van der Waals surface area contributed by atoms with Crippen LogP contribution in [-0.2, 0) is 0 Å². The van der Waals surface area contributed by atoms with E-state index in [0.29, 0.717) is 17.1 Å². The minimum atomic E-state index is -0.284. The van der Waals surface area contributed by atoms with Crippen LogP contribution >= 0.6 is 0 Å². The second-order valence-corrected chi connectivity index (χ2v) is 7.07. The van der Waals surface area contributed by atoms with Gasteiger partial charge in [-0.3, -0.25) is 14.6 Å². The zero-order chi connectivity index (χ0) is 21.8. The van der Waals surface area contributed by atoms with Gasteiger partial charge in [-0.1, -0.05) is 29.8 Å². The van der Waals surface area contributed by atoms with E-state index in [1.165, 1.54) is 6.20 Å². The number of hydrogen-bond donors (Lipinski definition) is 2. The number of rotatable bonds is 5. The van der Waals surface area contributed by atoms with Crippen LogP contribution in [0.5, 0.6) is 11.5 Å². The van der Waals surface area contributed by atoms with Crippen molar-refractivity contribution in [2.75, 3.05) is 12.4 Å². The predicted octanol–water partition coefficient (Wildman–Crippen LogP) is 4.95. The van der Waals surface area contributed by atoms with Gasteiger partial charge in [-0.05, 0) is 60.2 Å². The van der Waals surface area contributed by atoms with Crippen molar-refractivity contribution in [3.8, 4) is 11.5 Å². The number of hydrogen-bond acceptors (Lipinski definition) is 4. The van der Waals surface area contributed by atoms with Gasteiger partial charge in [0.05, 0.1) is 0 Å². The summed E-state index contributed by atoms with van der Waals surface area (Å²) in [7, 11) is 1.55. The Balaban J connectivity index is 1.59. The molecule has 0 spiro atoms. The fraction of sp³-hybridized carbons (Fsp3) is 0.0800. The van der Waals surface area contributed by atoms with Gasteiger partial charge < -0.3 is 15.4 Å². The number of carbonyl (C=O) groups excluding carboxylic acids is 2. The molecule has 0 atom stereocenters. The maximum Gasteiger partial charge on any atom is 0.269 e. The molecule has 31 heavy (non-hydrogen) atoms. The summed E-state index contributed by atoms with van der Waals surface area (Å²) in [6, 6.07) is 22.0. The third-order valence-electron chi connectivity index (χ3n) is 4.83. The van der Waals surface area contributed by atoms with Gasteiger partial charge in [0.2, 0.25) is 0 Å². The Kier molecular flexibility index (Phi) is 5.62. The molecular weight excluding hydrogens is 390 g/mol. The number of aromatic nitrogens is 1. The lowest BCUT2D eigenvalue weighted by Crippen LogP contribution is -2.18. The number of nitrogens with one attached hydrogen (secondary N) is 2. The summed E-state index contributed by atoms with van der Waals surface area (Å²) >= 11 is 0. The molecular formula is C25H21N3O3. The van der Waals surface area contributed by atoms with Crippen molar-refractivity contribution in [1.82, 2.24) is 10.3 Å². The molecule has 6 nitrogen and oxygen atoms in total. The molecule has 2 amide bonds. The number of anilines is 1. The van der Waals surface area contributed by atoms with Crippen LogP contribution < -0.4 is 15.4 Å². The fourth-order valence-electron chi connectivity index (χ4n) is 3.22. The molecule has 0 saturated heterocycles. The van der Waals surface area contributed by atoms with Crippen molar-refractivity contribution in [2.24, 2.45) is 0 Å². The highest BCUT2D eigenvalue weighted by molar-refractivity contribution is 6.13. The summed E-state index contributed by atoms with van der Waals surface area (Å²) in [5, 5.41) is 7.17. The SMILES string of the molecule is CNC(=O)c1cc(Oc2ccc3c(C(=O)Nc4ccc(C)cc4)cccc3c2)ccn1. The molecule has 0 aliphatic rings. The maximum absolute atomic E-state index is 12.8. The largest absolute Gasteiger partial charge is 0.457 e. The number of amides is 2. The van der Waals surface area contributed by atoms with Crippen LogP contribution in [0.2, 0.25) is 0 Å². The first-order valence-corrected chi connectivity index (χ1v) is 9.80. The highest BCUT2D eigenvalue weighted by Crippen LogP contribution is 2.28. The number of pyridine rings is 1. The Morgan fingerprint density at radius 2 is 1.65 bits per heavy atom. The summed E-state index contributed by atoms with van der Waals surface area (Å²) < 4.78 is 5.91. The van der Waals surface area contributed by atoms with E-state index in [1.807, 2.05) is 55.5 Å². The normalized spacial score (nSPS) is 10.5. The summed E-state index contributed by atoms with van der Waals surface area (Å²) in [4.78, 5) is 28.6. The highest BCUT2D eigenvalue weighted by Gasteiger charge is 2.12. The highest BCUT2D eigenvalue weighted by atomic mass is 16.5. The molecule has 3 aromatic carbocycles. The molecule has 0 bridgehead atoms. The van der Waals surface area contributed by atoms with Crippen molar-refractivity contribution in [3.63, 3.8) is 0 Å². The molecule has 1 heterocycles. The number of nitrogens with zero attached hydrogens (tertiary/aromatic N) is 1. The monoisotopic (exact) mass is 411 g/mol. The van der Waals surface area contributed by atoms with Crippen LogP contribution in [0, 0.1) is 6.92 Å². The third kappa shape index (κ3) is 4.53. The minimum absolute atomic E-state index is 0.174. The Labute approximate surface area is 179 Å². The first-order valence-electron chi connectivity index (χ1n) is 9.80. The van der Waals surface area contributed by atoms with Crippen LogP contribution in [0.3, 0.4) is 0 Å². The van der Waals surface area contributed by atoms with Gasteiger partial charge in [-0.15, -0.1) is 0 Å². The van der Waals surface area contributed by atoms with E-state index in [4.69, 9.17) is 4.74 Å². The Morgan fingerprint density at radius 1 is 0.871 bits per heavy atom. The number of aryl methyl sites for hydroxylation is 1. The molecule has 0 aliphatic carbocycles. The lowest BCUT2D eigenvalue weighted by molar-refractivity contribution is 0.0957. The molecule has 4 rings (SSSR count). The van der Waals surface area contributed by atoms with E-state index >= 15 is 0 Å². The quantitative estimate of drug-likeness (QED) is 0.487. The van der Waals surface area contributed by atoms with Crippen molar-refractivity contribution in [3.05, 3.63) is 95.8 Å². The molecule has 0 unspecified atom stereocenters. The van der Waals surface area contributed by atoms with Gasteiger partial charge in [0.15, 0.2) is 0 Å². The van der Waals surface area contributed by atoms with Crippen molar-refractivity contribution >= 4 is 28.3 Å². The summed E-state index contributed by atoms with van der Waals surface area (Å²) in [6.07, 6.45) is 1.52. The fourth-order valence-corrected chi connectivity index (χ4v) is 3.22. The molecule has 0 fully saturated rings. The molecule has 0 radical (unpaired) electrons. The molecule has 2 N–H and O–H groups in total. The van der Waals surface area contributed by atoms with Gasteiger partial charge in [0, 0.05) is 30.6 Å². The molecule has 0 saturated carbocycles. The number of fused-ring (bicyclic) bond motifs is 1. The van der Waals surface area contributed by atoms with Crippen LogP contribution in [-0.4, -0.2) is 23.8 Å². The molecule has 0 aliphatic heterocycles. The summed E-state index contributed by atoms with van der Waals surface area (Å²) in [5.74, 6) is 0.638. The lowest BCUT2D eigenvalue weighted by atomic mass is 10.0. The van der Waals surface area contributed by atoms with Crippen molar-refractivity contribution in [2.45, 2.75) is 6.92 Å². The van der Waals surface area contributed by atoms with E-state index in [-0.39, 0.29) is 17.5 Å². The number of carbonyl (C=O) groups is 2. The third-order valence-corrected chi connectivity index (χ3v) is 4.83. The van der Waals surface area contributed by atoms with Crippen LogP contribution in [0.15, 0.2) is 79.0 Å². The van der Waals surface area contributed by atoms with Crippen LogP contribution in [0.4, 0.5) is 5.69 Å². The second-order valence-electron chi connectivity index (χ2n) is 7.07. The molecule has 1 aromatic heterocycles. The Morgan fingerprint density at radius 3 is 2.42 bits per heavy atom. The van der Waals surface area contributed by atoms with Crippen molar-refractivity contribution < 1.29 is 14.3 Å². The summed E-state index contributed by atoms with van der Waals surface area (Å²) in [6.45, 7) is 2.00. The topological polar surface area (TPSA) is 80.3 Å². The summed E-state index contributed by atoms with van der Waals surface area (Å²) in [5.41, 5.74) is 2.73. The van der Waals surface area contributed by atoms with Gasteiger partial charge in [-0.2, -0.15) is 0 Å². The Bertz CT molecular complexity index is 1270. The van der Waals surface area contributed by atoms with Crippen molar-refractivity contribution in [1.29, 1.82) is 0 Å². The Hall–Kier alpha value is -4.19. The van der Waals surface area contributed by atoms with Gasteiger partial charge >= 0.3 is 0 Å². The van der Waals surface area contributed by atoms with E-state index < -0.39 is 0 Å². The molecule has 6 heteroatoms. The zero-order valence-electron chi connectivity index (χ0n) is 17.2. The predicted molar refractivity (Wildman–Crippen MR) is 121 cm³/mol. The average molecular weight is 411 g/mol. The van der Waals surface area contributed by atoms with Gasteiger partial charge in [0.1, 0.15) is 17.2 Å². The van der Waals surface area contributed by atoms with E-state index in [2.05, 4.69) is 15.6 Å². The number of ether oxygens (including phenoxy) is 1. The minimum Gasteiger partial charge on any atom is -0.457 e. The smallest absolute Gasteiger partial charge is 0.269 e. The van der Waals surface area contributed by atoms with E-state index in [1.54, 1.807) is 31.3 Å².